The SMILES string of the molecule is c1cc2ccc3ccc(N(c4c5ccccc5c(N(c5ccc6ccc7cccc8ccc5c6c78)c5ccc6ccc7cccc8ccc5c6c78)c5ccccc45)c4ccc5ccc6cccc7ccc4c5c67)c4ccc(c1)c2c34. The number of fused-ring (bicyclic) bond motifs is 2. The third-order valence-corrected chi connectivity index (χ3v) is 18.3. The van der Waals surface area contributed by atoms with Gasteiger partial charge in [-0.15, -0.1) is 0 Å². The van der Waals surface area contributed by atoms with E-state index in [4.69, 9.17) is 0 Å². The maximum atomic E-state index is 2.64. The smallest absolute Gasteiger partial charge is 0.0620 e. The lowest BCUT2D eigenvalue weighted by molar-refractivity contribution is 1.33. The van der Waals surface area contributed by atoms with Gasteiger partial charge in [0.1, 0.15) is 0 Å². The third kappa shape index (κ3) is 5.56. The summed E-state index contributed by atoms with van der Waals surface area (Å²) in [5.41, 5.74) is 6.87. The van der Waals surface area contributed by atoms with E-state index in [-0.39, 0.29) is 0 Å². The van der Waals surface area contributed by atoms with Crippen molar-refractivity contribution in [3.63, 3.8) is 0 Å². The van der Waals surface area contributed by atoms with Crippen LogP contribution in [0.3, 0.4) is 0 Å². The average molecular weight is 1010 g/mol. The summed E-state index contributed by atoms with van der Waals surface area (Å²) in [5.74, 6) is 0. The first kappa shape index (κ1) is 42.6. The first-order valence-electron chi connectivity index (χ1n) is 27.9. The van der Waals surface area contributed by atoms with Crippen LogP contribution in [-0.4, -0.2) is 0 Å². The highest BCUT2D eigenvalue weighted by Crippen LogP contribution is 2.57. The molecule has 0 aromatic heterocycles. The van der Waals surface area contributed by atoms with Crippen molar-refractivity contribution in [2.24, 2.45) is 0 Å². The van der Waals surface area contributed by atoms with E-state index in [0.717, 1.165) is 55.7 Å². The van der Waals surface area contributed by atoms with Gasteiger partial charge in [-0.3, -0.25) is 0 Å². The van der Waals surface area contributed by atoms with Gasteiger partial charge < -0.3 is 9.80 Å². The first-order valence-corrected chi connectivity index (χ1v) is 27.9. The van der Waals surface area contributed by atoms with Crippen LogP contribution in [0.25, 0.3) is 151 Å². The second-order valence-corrected chi connectivity index (χ2v) is 22.2. The zero-order valence-electron chi connectivity index (χ0n) is 43.3. The van der Waals surface area contributed by atoms with Crippen molar-refractivity contribution in [3.05, 3.63) is 267 Å². The third-order valence-electron chi connectivity index (χ3n) is 18.3. The Morgan fingerprint density at radius 2 is 0.325 bits per heavy atom. The Morgan fingerprint density at radius 1 is 0.138 bits per heavy atom. The second kappa shape index (κ2) is 15.6. The molecule has 80 heavy (non-hydrogen) atoms. The molecule has 0 radical (unpaired) electrons. The van der Waals surface area contributed by atoms with Gasteiger partial charge in [0.25, 0.3) is 0 Å². The van der Waals surface area contributed by atoms with Crippen LogP contribution in [0.1, 0.15) is 0 Å². The highest BCUT2D eigenvalue weighted by atomic mass is 15.2. The van der Waals surface area contributed by atoms with Gasteiger partial charge in [-0.25, -0.2) is 0 Å². The minimum absolute atomic E-state index is 1.14. The van der Waals surface area contributed by atoms with E-state index < -0.39 is 0 Å². The highest BCUT2D eigenvalue weighted by molar-refractivity contribution is 6.34. The maximum Gasteiger partial charge on any atom is 0.0620 e. The van der Waals surface area contributed by atoms with Crippen molar-refractivity contribution in [1.29, 1.82) is 0 Å². The van der Waals surface area contributed by atoms with E-state index in [0.29, 0.717) is 0 Å². The molecule has 2 nitrogen and oxygen atoms in total. The Kier molecular flexibility index (Phi) is 8.28. The summed E-state index contributed by atoms with van der Waals surface area (Å²) in [6.07, 6.45) is 0. The number of benzene rings is 19. The molecule has 2 heteroatoms. The lowest BCUT2D eigenvalue weighted by atomic mass is 9.89. The van der Waals surface area contributed by atoms with E-state index >= 15 is 0 Å². The molecular weight excluding hydrogens is 965 g/mol. The highest BCUT2D eigenvalue weighted by Gasteiger charge is 2.30. The Morgan fingerprint density at radius 3 is 0.550 bits per heavy atom. The lowest BCUT2D eigenvalue weighted by Gasteiger charge is -2.35. The molecular formula is C78H44N2. The molecule has 0 heterocycles. The molecule has 0 aliphatic carbocycles. The minimum Gasteiger partial charge on any atom is -0.308 e. The molecule has 0 atom stereocenters. The van der Waals surface area contributed by atoms with Crippen LogP contribution in [0.15, 0.2) is 267 Å². The van der Waals surface area contributed by atoms with Gasteiger partial charge in [0.05, 0.1) is 34.1 Å². The fourth-order valence-corrected chi connectivity index (χ4v) is 15.0. The van der Waals surface area contributed by atoms with E-state index in [2.05, 4.69) is 277 Å². The van der Waals surface area contributed by atoms with Gasteiger partial charge in [0, 0.05) is 43.1 Å². The molecule has 19 aromatic rings. The zero-order valence-corrected chi connectivity index (χ0v) is 43.3. The van der Waals surface area contributed by atoms with Crippen molar-refractivity contribution in [2.45, 2.75) is 0 Å². The molecule has 366 valence electrons. The average Bonchev–Trinajstić information content (AvgIpc) is 3.70. The van der Waals surface area contributed by atoms with Gasteiger partial charge in [-0.2, -0.15) is 0 Å². The Labute approximate surface area is 459 Å². The summed E-state index contributed by atoms with van der Waals surface area (Å²) >= 11 is 0. The molecule has 0 N–H and O–H groups in total. The molecule has 0 aliphatic heterocycles. The number of hydrogen-bond donors (Lipinski definition) is 0. The molecule has 0 amide bonds. The fourth-order valence-electron chi connectivity index (χ4n) is 15.0. The maximum absolute atomic E-state index is 2.64. The van der Waals surface area contributed by atoms with E-state index in [1.54, 1.807) is 0 Å². The molecule has 0 aliphatic rings. The molecule has 0 saturated heterocycles. The van der Waals surface area contributed by atoms with Crippen LogP contribution in [0.2, 0.25) is 0 Å². The quantitative estimate of drug-likeness (QED) is 0.0930. The standard InChI is InChI=1S/C78H44N2/c1-2-18-58-57(17-1)77(79(65-41-33-53-25-21-45-9-5-13-49-29-37-61(65)73(53)69(45)49)66-42-34-54-26-22-46-10-6-14-50-30-38-62(66)74(54)70(46)50)59-19-3-4-20-60(59)78(58)80(67-43-35-55-27-23-47-11-7-15-51-31-39-63(67)75(55)71(47)51)68-44-36-56-28-24-48-12-8-16-52-32-40-64(68)76(56)72(48)52/h1-44H. The number of rotatable bonds is 6. The normalized spacial score (nSPS) is 12.5. The molecule has 0 spiro atoms. The number of nitrogens with zero attached hydrogens (tertiary/aromatic N) is 2. The summed E-state index contributed by atoms with van der Waals surface area (Å²) in [6.45, 7) is 0. The van der Waals surface area contributed by atoms with Crippen molar-refractivity contribution in [3.8, 4) is 0 Å². The second-order valence-electron chi connectivity index (χ2n) is 22.2. The molecule has 19 aromatic carbocycles. The van der Waals surface area contributed by atoms with E-state index in [1.165, 1.54) is 129 Å². The summed E-state index contributed by atoms with van der Waals surface area (Å²) in [6, 6.07) is 102. The van der Waals surface area contributed by atoms with Crippen molar-refractivity contribution >= 4 is 185 Å². The van der Waals surface area contributed by atoms with Crippen LogP contribution in [0, 0.1) is 0 Å². The molecule has 0 bridgehead atoms. The van der Waals surface area contributed by atoms with Gasteiger partial charge in [0.2, 0.25) is 0 Å². The largest absolute Gasteiger partial charge is 0.308 e. The van der Waals surface area contributed by atoms with Crippen LogP contribution in [-0.2, 0) is 0 Å². The summed E-state index contributed by atoms with van der Waals surface area (Å²) < 4.78 is 0. The van der Waals surface area contributed by atoms with Crippen molar-refractivity contribution in [1.82, 2.24) is 0 Å². The first-order chi connectivity index (χ1) is 39.7. The molecule has 0 fully saturated rings. The van der Waals surface area contributed by atoms with E-state index in [1.807, 2.05) is 0 Å². The van der Waals surface area contributed by atoms with Crippen LogP contribution in [0.4, 0.5) is 34.1 Å². The van der Waals surface area contributed by atoms with Crippen LogP contribution in [0.5, 0.6) is 0 Å². The van der Waals surface area contributed by atoms with Crippen molar-refractivity contribution in [2.75, 3.05) is 9.80 Å². The molecule has 19 rings (SSSR count). The summed E-state index contributed by atoms with van der Waals surface area (Å²) in [5, 5.41) is 34.9. The fraction of sp³-hybridized carbons (Fsp3) is 0. The topological polar surface area (TPSA) is 6.48 Å². The minimum atomic E-state index is 1.14. The number of anilines is 6. The van der Waals surface area contributed by atoms with Gasteiger partial charge in [-0.05, 0) is 132 Å². The van der Waals surface area contributed by atoms with Gasteiger partial charge >= 0.3 is 0 Å². The van der Waals surface area contributed by atoms with Gasteiger partial charge in [0.15, 0.2) is 0 Å². The summed E-state index contributed by atoms with van der Waals surface area (Å²) in [7, 11) is 0. The van der Waals surface area contributed by atoms with Gasteiger partial charge in [-0.1, -0.05) is 243 Å². The lowest BCUT2D eigenvalue weighted by Crippen LogP contribution is -2.16. The van der Waals surface area contributed by atoms with Crippen LogP contribution < -0.4 is 9.80 Å². The summed E-state index contributed by atoms with van der Waals surface area (Å²) in [4.78, 5) is 5.28. The monoisotopic (exact) mass is 1010 g/mol. The van der Waals surface area contributed by atoms with Crippen LogP contribution >= 0.6 is 0 Å². The number of hydrogen-bond acceptors (Lipinski definition) is 2. The Hall–Kier alpha value is -10.5. The predicted octanol–water partition coefficient (Wildman–Crippen LogP) is 22.5. The predicted molar refractivity (Wildman–Crippen MR) is 346 cm³/mol. The zero-order chi connectivity index (χ0) is 51.9. The Bertz CT molecular complexity index is 5040. The van der Waals surface area contributed by atoms with E-state index in [9.17, 15) is 0 Å². The Balaban J connectivity index is 0.981. The molecule has 0 saturated carbocycles. The molecule has 0 unspecified atom stereocenters. The van der Waals surface area contributed by atoms with Crippen molar-refractivity contribution < 1.29 is 0 Å².